The van der Waals surface area contributed by atoms with Crippen LogP contribution in [-0.2, 0) is 36.3 Å². The van der Waals surface area contributed by atoms with Crippen LogP contribution in [0.15, 0.2) is 48.5 Å². The summed E-state index contributed by atoms with van der Waals surface area (Å²) >= 11 is 0. The normalized spacial score (nSPS) is 10.7. The van der Waals surface area contributed by atoms with Gasteiger partial charge in [-0.25, -0.2) is 9.59 Å². The summed E-state index contributed by atoms with van der Waals surface area (Å²) in [6.45, 7) is 3.83. The molecule has 28 heavy (non-hydrogen) atoms. The summed E-state index contributed by atoms with van der Waals surface area (Å²) in [6, 6.07) is 13.5. The average Bonchev–Trinajstić information content (AvgIpc) is 2.71. The van der Waals surface area contributed by atoms with Crippen LogP contribution in [0.2, 0.25) is 0 Å². The molecule has 0 spiro atoms. The number of carbonyl (C=O) groups excluding carboxylic acids is 2. The highest BCUT2D eigenvalue weighted by Gasteiger charge is 2.15. The lowest BCUT2D eigenvalue weighted by Gasteiger charge is -2.11. The zero-order chi connectivity index (χ0) is 20.4. The van der Waals surface area contributed by atoms with E-state index in [-0.39, 0.29) is 26.4 Å². The lowest BCUT2D eigenvalue weighted by Crippen LogP contribution is -2.09. The predicted octanol–water partition coefficient (Wildman–Crippen LogP) is 4.16. The minimum atomic E-state index is -2.85. The van der Waals surface area contributed by atoms with Crippen LogP contribution >= 0.6 is 8.25 Å². The smallest absolute Gasteiger partial charge is 0.338 e. The number of benzene rings is 2. The van der Waals surface area contributed by atoms with Crippen molar-refractivity contribution in [2.24, 2.45) is 0 Å². The number of ether oxygens (including phenoxy) is 2. The van der Waals surface area contributed by atoms with E-state index in [2.05, 4.69) is 0 Å². The summed E-state index contributed by atoms with van der Waals surface area (Å²) in [4.78, 5) is 23.9. The average molecular weight is 406 g/mol. The van der Waals surface area contributed by atoms with Gasteiger partial charge in [-0.15, -0.1) is 0 Å². The van der Waals surface area contributed by atoms with E-state index in [1.807, 2.05) is 0 Å². The van der Waals surface area contributed by atoms with Gasteiger partial charge >= 0.3 is 20.2 Å². The van der Waals surface area contributed by atoms with Crippen molar-refractivity contribution < 1.29 is 32.7 Å². The van der Waals surface area contributed by atoms with Gasteiger partial charge in [0.25, 0.3) is 0 Å². The molecule has 0 atom stereocenters. The van der Waals surface area contributed by atoms with E-state index in [9.17, 15) is 14.2 Å². The second-order valence-corrected chi connectivity index (χ2v) is 6.66. The number of rotatable bonds is 10. The molecule has 0 aromatic heterocycles. The molecule has 2 aromatic rings. The Hall–Kier alpha value is -2.47. The van der Waals surface area contributed by atoms with Gasteiger partial charge in [-0.05, 0) is 37.1 Å². The lowest BCUT2D eigenvalue weighted by molar-refractivity contribution is 0.0514. The van der Waals surface area contributed by atoms with Crippen molar-refractivity contribution in [3.05, 3.63) is 70.8 Å². The van der Waals surface area contributed by atoms with Crippen molar-refractivity contribution >= 4 is 20.2 Å². The van der Waals surface area contributed by atoms with Crippen molar-refractivity contribution in [2.45, 2.75) is 27.1 Å². The van der Waals surface area contributed by atoms with E-state index in [4.69, 9.17) is 18.5 Å². The Morgan fingerprint density at radius 2 is 1.14 bits per heavy atom. The summed E-state index contributed by atoms with van der Waals surface area (Å²) in [5.74, 6) is -0.934. The van der Waals surface area contributed by atoms with Crippen LogP contribution in [0, 0.1) is 0 Å². The molecule has 150 valence electrons. The van der Waals surface area contributed by atoms with E-state index in [1.54, 1.807) is 62.4 Å². The monoisotopic (exact) mass is 406 g/mol. The quantitative estimate of drug-likeness (QED) is 0.432. The van der Waals surface area contributed by atoms with Gasteiger partial charge in [0.15, 0.2) is 0 Å². The first-order valence-electron chi connectivity index (χ1n) is 8.86. The second kappa shape index (κ2) is 11.4. The maximum absolute atomic E-state index is 12.1. The van der Waals surface area contributed by atoms with E-state index in [1.165, 1.54) is 0 Å². The molecular weight excluding hydrogens is 383 g/mol. The minimum Gasteiger partial charge on any atom is -0.462 e. The third-order valence-corrected chi connectivity index (χ3v) is 4.48. The van der Waals surface area contributed by atoms with Gasteiger partial charge in [-0.2, -0.15) is 0 Å². The summed E-state index contributed by atoms with van der Waals surface area (Å²) in [5, 5.41) is 0. The van der Waals surface area contributed by atoms with Crippen LogP contribution in [0.5, 0.6) is 0 Å². The molecule has 0 heterocycles. The van der Waals surface area contributed by atoms with Crippen molar-refractivity contribution in [3.8, 4) is 0 Å². The summed E-state index contributed by atoms with van der Waals surface area (Å²) in [6.07, 6.45) is 0. The van der Waals surface area contributed by atoms with Gasteiger partial charge in [-0.1, -0.05) is 36.4 Å². The van der Waals surface area contributed by atoms with Gasteiger partial charge in [0.05, 0.1) is 37.6 Å². The van der Waals surface area contributed by atoms with Gasteiger partial charge in [-0.3, -0.25) is 4.57 Å². The summed E-state index contributed by atoms with van der Waals surface area (Å²) < 4.78 is 32.6. The zero-order valence-corrected chi connectivity index (χ0v) is 16.8. The predicted molar refractivity (Wildman–Crippen MR) is 103 cm³/mol. The van der Waals surface area contributed by atoms with Crippen LogP contribution in [-0.4, -0.2) is 25.2 Å². The van der Waals surface area contributed by atoms with Crippen LogP contribution in [0.3, 0.4) is 0 Å². The highest BCUT2D eigenvalue weighted by atomic mass is 31.1. The van der Waals surface area contributed by atoms with E-state index < -0.39 is 20.2 Å². The Bertz CT molecular complexity index is 767. The maximum Gasteiger partial charge on any atom is 0.338 e. The third-order valence-electron chi connectivity index (χ3n) is 3.72. The Morgan fingerprint density at radius 3 is 1.54 bits per heavy atom. The first-order chi connectivity index (χ1) is 13.6. The topological polar surface area (TPSA) is 88.1 Å². The van der Waals surface area contributed by atoms with Crippen molar-refractivity contribution in [2.75, 3.05) is 13.2 Å². The molecule has 0 amide bonds. The fourth-order valence-corrected chi connectivity index (χ4v) is 3.05. The molecule has 2 rings (SSSR count). The highest BCUT2D eigenvalue weighted by Crippen LogP contribution is 2.29. The van der Waals surface area contributed by atoms with Gasteiger partial charge < -0.3 is 18.5 Å². The molecule has 0 radical (unpaired) electrons. The summed E-state index contributed by atoms with van der Waals surface area (Å²) in [5.41, 5.74) is 1.81. The number of hydrogen-bond acceptors (Lipinski definition) is 7. The lowest BCUT2D eigenvalue weighted by atomic mass is 10.1. The van der Waals surface area contributed by atoms with Crippen LogP contribution in [0.4, 0.5) is 0 Å². The van der Waals surface area contributed by atoms with Crippen LogP contribution in [0.25, 0.3) is 0 Å². The number of esters is 2. The fourth-order valence-electron chi connectivity index (χ4n) is 2.42. The molecule has 0 N–H and O–H groups in total. The molecule has 0 aliphatic heterocycles. The zero-order valence-electron chi connectivity index (χ0n) is 15.8. The van der Waals surface area contributed by atoms with Crippen molar-refractivity contribution in [1.82, 2.24) is 0 Å². The summed E-state index contributed by atoms with van der Waals surface area (Å²) in [7, 11) is -2.85. The van der Waals surface area contributed by atoms with Crippen LogP contribution < -0.4 is 0 Å². The van der Waals surface area contributed by atoms with E-state index in [0.717, 1.165) is 0 Å². The Morgan fingerprint density at radius 1 is 0.750 bits per heavy atom. The molecule has 0 unspecified atom stereocenters. The minimum absolute atomic E-state index is 0.0632. The number of carbonyl (C=O) groups is 2. The van der Waals surface area contributed by atoms with Gasteiger partial charge in [0.2, 0.25) is 0 Å². The largest absolute Gasteiger partial charge is 0.462 e. The molecule has 7 nitrogen and oxygen atoms in total. The molecule has 0 fully saturated rings. The van der Waals surface area contributed by atoms with E-state index in [0.29, 0.717) is 22.3 Å². The first-order valence-corrected chi connectivity index (χ1v) is 10.1. The molecular formula is C20H23O7P. The fraction of sp³-hybridized carbons (Fsp3) is 0.300. The van der Waals surface area contributed by atoms with Crippen LogP contribution in [0.1, 0.15) is 45.7 Å². The van der Waals surface area contributed by atoms with E-state index >= 15 is 0 Å². The van der Waals surface area contributed by atoms with Gasteiger partial charge in [0, 0.05) is 0 Å². The van der Waals surface area contributed by atoms with Crippen molar-refractivity contribution in [3.63, 3.8) is 0 Å². The maximum atomic E-state index is 12.1. The molecule has 0 saturated carbocycles. The molecule has 0 aliphatic rings. The first kappa shape index (κ1) is 21.8. The second-order valence-electron chi connectivity index (χ2n) is 5.58. The molecule has 0 bridgehead atoms. The van der Waals surface area contributed by atoms with Crippen molar-refractivity contribution in [1.29, 1.82) is 0 Å². The van der Waals surface area contributed by atoms with Gasteiger partial charge in [0.1, 0.15) is 0 Å². The standard InChI is InChI=1S/C20H23O7P/c1-3-24-19(21)17-11-7-5-9-15(17)13-26-28(23)27-14-16-10-6-8-12-18(16)20(22)25-4-2/h5-12,28H,3-4,13-14H2,1-2H3. The molecule has 8 heteroatoms. The Kier molecular flexibility index (Phi) is 8.88. The Labute approximate surface area is 164 Å². The molecule has 0 aliphatic carbocycles. The SMILES string of the molecule is CCOC(=O)c1ccccc1CO[PH](=O)OCc1ccccc1C(=O)OCC. The molecule has 2 aromatic carbocycles. The third kappa shape index (κ3) is 6.30. The molecule has 0 saturated heterocycles. The Balaban J connectivity index is 1.95. The highest BCUT2D eigenvalue weighted by molar-refractivity contribution is 7.33. The number of hydrogen-bond donors (Lipinski definition) is 0.